The van der Waals surface area contributed by atoms with Crippen LogP contribution in [0.1, 0.15) is 19.1 Å². The van der Waals surface area contributed by atoms with Gasteiger partial charge in [-0.1, -0.05) is 0 Å². The number of nitrogens with one attached hydrogen (secondary N) is 1. The van der Waals surface area contributed by atoms with E-state index in [9.17, 15) is 22.8 Å². The van der Waals surface area contributed by atoms with Gasteiger partial charge in [-0.15, -0.1) is 0 Å². The molecule has 1 aromatic carbocycles. The number of amides is 2. The van der Waals surface area contributed by atoms with Gasteiger partial charge in [0.05, 0.1) is 18.5 Å². The molecule has 1 heterocycles. The highest BCUT2D eigenvalue weighted by Gasteiger charge is 2.17. The first-order chi connectivity index (χ1) is 11.4. The third-order valence-corrected chi connectivity index (χ3v) is 3.29. The maximum Gasteiger partial charge on any atom is 0.226 e. The molecule has 2 aromatic rings. The van der Waals surface area contributed by atoms with Crippen LogP contribution >= 0.6 is 0 Å². The van der Waals surface area contributed by atoms with E-state index in [2.05, 4.69) is 5.32 Å². The standard InChI is InChI=1S/C16H15F3N2O3/c1-10(22)21(9-11-3-2-8-24-11)7-6-14(23)20-13-5-4-12(17)15(18)16(13)19/h2-5,8H,6-7,9H2,1H3,(H,20,23). The molecular formula is C16H15F3N2O3. The molecule has 0 fully saturated rings. The summed E-state index contributed by atoms with van der Waals surface area (Å²) in [6.45, 7) is 1.60. The van der Waals surface area contributed by atoms with Crippen molar-refractivity contribution in [3.05, 3.63) is 53.7 Å². The third kappa shape index (κ3) is 4.37. The molecular weight excluding hydrogens is 325 g/mol. The molecule has 1 aromatic heterocycles. The average Bonchev–Trinajstić information content (AvgIpc) is 3.05. The molecule has 0 radical (unpaired) electrons. The Balaban J connectivity index is 1.94. The lowest BCUT2D eigenvalue weighted by atomic mass is 10.2. The largest absolute Gasteiger partial charge is 0.467 e. The van der Waals surface area contributed by atoms with Crippen LogP contribution in [0.5, 0.6) is 0 Å². The maximum absolute atomic E-state index is 13.5. The van der Waals surface area contributed by atoms with E-state index in [4.69, 9.17) is 4.42 Å². The average molecular weight is 340 g/mol. The van der Waals surface area contributed by atoms with Crippen LogP contribution < -0.4 is 5.32 Å². The Labute approximate surface area is 136 Å². The van der Waals surface area contributed by atoms with Crippen molar-refractivity contribution in [3.8, 4) is 0 Å². The van der Waals surface area contributed by atoms with E-state index in [0.717, 1.165) is 6.07 Å². The number of benzene rings is 1. The Morgan fingerprint density at radius 3 is 2.54 bits per heavy atom. The fraction of sp³-hybridized carbons (Fsp3) is 0.250. The van der Waals surface area contributed by atoms with E-state index < -0.39 is 29.0 Å². The van der Waals surface area contributed by atoms with Gasteiger partial charge in [0.1, 0.15) is 5.76 Å². The molecule has 0 saturated carbocycles. The van der Waals surface area contributed by atoms with Crippen molar-refractivity contribution in [1.29, 1.82) is 0 Å². The maximum atomic E-state index is 13.5. The minimum absolute atomic E-state index is 0.0627. The van der Waals surface area contributed by atoms with Crippen LogP contribution in [0.3, 0.4) is 0 Å². The van der Waals surface area contributed by atoms with Crippen LogP contribution in [0.25, 0.3) is 0 Å². The van der Waals surface area contributed by atoms with Gasteiger partial charge in [0, 0.05) is 19.9 Å². The van der Waals surface area contributed by atoms with Crippen LogP contribution in [0.15, 0.2) is 34.9 Å². The topological polar surface area (TPSA) is 62.6 Å². The van der Waals surface area contributed by atoms with E-state index in [0.29, 0.717) is 11.8 Å². The van der Waals surface area contributed by atoms with Gasteiger partial charge in [-0.25, -0.2) is 13.2 Å². The first kappa shape index (κ1) is 17.6. The lowest BCUT2D eigenvalue weighted by molar-refractivity contribution is -0.130. The second-order valence-corrected chi connectivity index (χ2v) is 5.04. The molecule has 0 bridgehead atoms. The SMILES string of the molecule is CC(=O)N(CCC(=O)Nc1ccc(F)c(F)c1F)Cc1ccco1. The van der Waals surface area contributed by atoms with Crippen LogP contribution in [0.4, 0.5) is 18.9 Å². The van der Waals surface area contributed by atoms with Crippen LogP contribution in [-0.2, 0) is 16.1 Å². The fourth-order valence-electron chi connectivity index (χ4n) is 2.01. The summed E-state index contributed by atoms with van der Waals surface area (Å²) in [6, 6.07) is 5.00. The second kappa shape index (κ2) is 7.67. The number of hydrogen-bond donors (Lipinski definition) is 1. The minimum Gasteiger partial charge on any atom is -0.467 e. The summed E-state index contributed by atoms with van der Waals surface area (Å²) in [4.78, 5) is 24.8. The number of anilines is 1. The first-order valence-electron chi connectivity index (χ1n) is 7.09. The highest BCUT2D eigenvalue weighted by atomic mass is 19.2. The van der Waals surface area contributed by atoms with Gasteiger partial charge in [-0.3, -0.25) is 9.59 Å². The third-order valence-electron chi connectivity index (χ3n) is 3.29. The highest BCUT2D eigenvalue weighted by Crippen LogP contribution is 2.19. The molecule has 5 nitrogen and oxygen atoms in total. The summed E-state index contributed by atoms with van der Waals surface area (Å²) in [7, 11) is 0. The smallest absolute Gasteiger partial charge is 0.226 e. The van der Waals surface area contributed by atoms with Crippen molar-refractivity contribution < 1.29 is 27.2 Å². The lowest BCUT2D eigenvalue weighted by Gasteiger charge is -2.19. The highest BCUT2D eigenvalue weighted by molar-refractivity contribution is 5.91. The van der Waals surface area contributed by atoms with Crippen molar-refractivity contribution in [2.45, 2.75) is 19.9 Å². The van der Waals surface area contributed by atoms with E-state index >= 15 is 0 Å². The quantitative estimate of drug-likeness (QED) is 0.822. The summed E-state index contributed by atoms with van der Waals surface area (Å²) < 4.78 is 44.6. The van der Waals surface area contributed by atoms with Gasteiger partial charge in [0.2, 0.25) is 11.8 Å². The molecule has 0 saturated heterocycles. The molecule has 128 valence electrons. The summed E-state index contributed by atoms with van der Waals surface area (Å²) in [6.07, 6.45) is 1.32. The van der Waals surface area contributed by atoms with E-state index in [-0.39, 0.29) is 25.4 Å². The minimum atomic E-state index is -1.66. The molecule has 0 spiro atoms. The van der Waals surface area contributed by atoms with Gasteiger partial charge in [-0.2, -0.15) is 0 Å². The van der Waals surface area contributed by atoms with Crippen molar-refractivity contribution in [2.75, 3.05) is 11.9 Å². The van der Waals surface area contributed by atoms with E-state index in [1.165, 1.54) is 18.1 Å². The zero-order valence-corrected chi connectivity index (χ0v) is 12.8. The molecule has 0 aliphatic heterocycles. The number of rotatable bonds is 6. The molecule has 2 amide bonds. The number of carbonyl (C=O) groups excluding carboxylic acids is 2. The second-order valence-electron chi connectivity index (χ2n) is 5.04. The zero-order chi connectivity index (χ0) is 17.7. The normalized spacial score (nSPS) is 10.5. The Morgan fingerprint density at radius 2 is 1.92 bits per heavy atom. The Hall–Kier alpha value is -2.77. The van der Waals surface area contributed by atoms with Gasteiger partial charge in [0.15, 0.2) is 17.5 Å². The van der Waals surface area contributed by atoms with Gasteiger partial charge in [0.25, 0.3) is 0 Å². The van der Waals surface area contributed by atoms with Crippen molar-refractivity contribution in [2.24, 2.45) is 0 Å². The monoisotopic (exact) mass is 340 g/mol. The summed E-state index contributed by atoms with van der Waals surface area (Å²) in [5.74, 6) is -4.81. The molecule has 0 aliphatic rings. The first-order valence-corrected chi connectivity index (χ1v) is 7.09. The molecule has 0 unspecified atom stereocenters. The number of furan rings is 1. The molecule has 24 heavy (non-hydrogen) atoms. The number of hydrogen-bond acceptors (Lipinski definition) is 3. The van der Waals surface area contributed by atoms with E-state index in [1.807, 2.05) is 0 Å². The van der Waals surface area contributed by atoms with Gasteiger partial charge >= 0.3 is 0 Å². The van der Waals surface area contributed by atoms with Crippen molar-refractivity contribution in [3.63, 3.8) is 0 Å². The molecule has 8 heteroatoms. The van der Waals surface area contributed by atoms with Crippen LogP contribution in [-0.4, -0.2) is 23.3 Å². The summed E-state index contributed by atoms with van der Waals surface area (Å²) in [5, 5.41) is 2.15. The zero-order valence-electron chi connectivity index (χ0n) is 12.8. The van der Waals surface area contributed by atoms with Crippen molar-refractivity contribution in [1.82, 2.24) is 4.90 Å². The lowest BCUT2D eigenvalue weighted by Crippen LogP contribution is -2.31. The van der Waals surface area contributed by atoms with Gasteiger partial charge in [-0.05, 0) is 24.3 Å². The molecule has 0 atom stereocenters. The summed E-state index contributed by atoms with van der Waals surface area (Å²) in [5.41, 5.74) is -0.459. The Bertz CT molecular complexity index is 732. The number of nitrogens with zero attached hydrogens (tertiary/aromatic N) is 1. The Kier molecular flexibility index (Phi) is 5.62. The van der Waals surface area contributed by atoms with Crippen LogP contribution in [0.2, 0.25) is 0 Å². The Morgan fingerprint density at radius 1 is 1.17 bits per heavy atom. The molecule has 2 rings (SSSR count). The van der Waals surface area contributed by atoms with E-state index in [1.54, 1.807) is 12.1 Å². The van der Waals surface area contributed by atoms with Crippen molar-refractivity contribution >= 4 is 17.5 Å². The summed E-state index contributed by atoms with van der Waals surface area (Å²) >= 11 is 0. The number of halogens is 3. The fourth-order valence-corrected chi connectivity index (χ4v) is 2.01. The number of carbonyl (C=O) groups is 2. The predicted molar refractivity (Wildman–Crippen MR) is 79.4 cm³/mol. The predicted octanol–water partition coefficient (Wildman–Crippen LogP) is 3.07. The molecule has 0 aliphatic carbocycles. The van der Waals surface area contributed by atoms with Gasteiger partial charge < -0.3 is 14.6 Å². The molecule has 1 N–H and O–H groups in total. The van der Waals surface area contributed by atoms with Crippen LogP contribution in [0, 0.1) is 17.5 Å².